The maximum Gasteiger partial charge on any atom is 0.411 e. The van der Waals surface area contributed by atoms with Crippen LogP contribution in [0.25, 0.3) is 10.9 Å². The number of para-hydroxylation sites is 1. The number of ether oxygens (including phenoxy) is 5. The number of nitrogens with zero attached hydrogens (tertiary/aromatic N) is 3. The highest BCUT2D eigenvalue weighted by atomic mass is 16.6. The van der Waals surface area contributed by atoms with Gasteiger partial charge in [-0.05, 0) is 135 Å². The van der Waals surface area contributed by atoms with Crippen LogP contribution in [-0.4, -0.2) is 157 Å². The molecule has 2 aliphatic heterocycles. The van der Waals surface area contributed by atoms with Gasteiger partial charge < -0.3 is 55.4 Å². The summed E-state index contributed by atoms with van der Waals surface area (Å²) in [5.74, 6) is -2.07. The van der Waals surface area contributed by atoms with Crippen molar-refractivity contribution in [3.8, 4) is 17.2 Å². The molecule has 8 atom stereocenters. The molecule has 0 bridgehead atoms. The van der Waals surface area contributed by atoms with Crippen molar-refractivity contribution in [2.45, 2.75) is 181 Å². The minimum Gasteiger partial charge on any atom is -0.493 e. The van der Waals surface area contributed by atoms with E-state index in [2.05, 4.69) is 31.2 Å². The number of hydrogen-bond acceptors (Lipinski definition) is 17. The van der Waals surface area contributed by atoms with Crippen molar-refractivity contribution in [1.29, 1.82) is 0 Å². The van der Waals surface area contributed by atoms with Gasteiger partial charge in [-0.25, -0.2) is 14.6 Å². The molecule has 3 fully saturated rings. The Bertz CT molecular complexity index is 3630. The van der Waals surface area contributed by atoms with Crippen molar-refractivity contribution in [2.24, 2.45) is 28.4 Å². The second-order valence-corrected chi connectivity index (χ2v) is 28.2. The van der Waals surface area contributed by atoms with Gasteiger partial charge in [0.25, 0.3) is 11.8 Å². The highest BCUT2D eigenvalue weighted by molar-refractivity contribution is 6.38. The number of aliphatic hydroxyl groups excluding tert-OH is 1. The molecule has 6 amide bonds. The number of β-amino-alcohol motifs (C(OH)–C–C–N with tert-alkyl or cyclic N) is 1. The molecular formula is C76H100N8O15. The summed E-state index contributed by atoms with van der Waals surface area (Å²) in [6.07, 6.45) is 5.51. The van der Waals surface area contributed by atoms with E-state index in [0.29, 0.717) is 91.5 Å². The van der Waals surface area contributed by atoms with Crippen molar-refractivity contribution in [1.82, 2.24) is 30.7 Å². The van der Waals surface area contributed by atoms with Crippen LogP contribution in [0.2, 0.25) is 0 Å². The monoisotopic (exact) mass is 1360 g/mol. The van der Waals surface area contributed by atoms with E-state index < -0.39 is 83.6 Å². The van der Waals surface area contributed by atoms with E-state index in [4.69, 9.17) is 29.4 Å². The molecule has 534 valence electrons. The molecule has 5 aromatic rings. The number of nitrogens with one attached hydrogen (secondary N) is 4. The van der Waals surface area contributed by atoms with Gasteiger partial charge in [0.2, 0.25) is 23.5 Å². The number of nitrogens with two attached hydrogens (primary N) is 1. The lowest BCUT2D eigenvalue weighted by Crippen LogP contribution is -2.59. The lowest BCUT2D eigenvalue weighted by Gasteiger charge is -2.47. The third-order valence-corrected chi connectivity index (χ3v) is 19.1. The minimum atomic E-state index is -1.48. The molecule has 0 spiro atoms. The Hall–Kier alpha value is -8.96. The molecule has 0 unspecified atom stereocenters. The first kappa shape index (κ1) is 75.8. The minimum absolute atomic E-state index is 0.0154. The van der Waals surface area contributed by atoms with E-state index >= 15 is 0 Å². The molecule has 2 saturated heterocycles. The van der Waals surface area contributed by atoms with Crippen LogP contribution in [-0.2, 0) is 55.9 Å². The van der Waals surface area contributed by atoms with Crippen molar-refractivity contribution in [2.75, 3.05) is 58.9 Å². The second kappa shape index (κ2) is 35.7. The fourth-order valence-electron chi connectivity index (χ4n) is 13.3. The number of hydrogen-bond donors (Lipinski definition) is 6. The summed E-state index contributed by atoms with van der Waals surface area (Å²) in [5, 5.41) is 23.7. The molecule has 1 aliphatic carbocycles. The van der Waals surface area contributed by atoms with Crippen LogP contribution in [0.3, 0.4) is 0 Å². The van der Waals surface area contributed by atoms with Gasteiger partial charge in [0.05, 0.1) is 63.2 Å². The number of amides is 6. The van der Waals surface area contributed by atoms with Gasteiger partial charge in [-0.15, -0.1) is 0 Å². The summed E-state index contributed by atoms with van der Waals surface area (Å²) in [6, 6.07) is 26.3. The van der Waals surface area contributed by atoms with Crippen molar-refractivity contribution < 1.29 is 71.9 Å². The van der Waals surface area contributed by atoms with Gasteiger partial charge in [-0.1, -0.05) is 128 Å². The fourth-order valence-corrected chi connectivity index (χ4v) is 13.3. The van der Waals surface area contributed by atoms with E-state index in [9.17, 15) is 48.3 Å². The van der Waals surface area contributed by atoms with E-state index in [1.54, 1.807) is 76.6 Å². The second-order valence-electron chi connectivity index (χ2n) is 28.2. The maximum absolute atomic E-state index is 14.4. The number of ketones is 2. The molecule has 4 aromatic carbocycles. The number of likely N-dealkylation sites (tertiary alicyclic amines) is 2. The average Bonchev–Trinajstić information content (AvgIpc) is 0.813. The SMILES string of the molecule is CCC(C)(C)C(=O)C(=O)N1CCCC[C@H]1C(=O)O[C@H](CCc1ccc(OC)c(OC)c1)c1cccc(OCCNC(=O)CCCOC(=O)Nc2cccc3ccc(C(=O)N[C@H](CC(N)=O)C(=O)N[C@H](Cc4ccccc4)[C@H](O)CN4C[C@H]5CCCC[C@H]5C[C@H]4C(=O)CC(C)(C)C)nc23)c1. The van der Waals surface area contributed by atoms with Crippen LogP contribution in [0.5, 0.6) is 17.2 Å². The quantitative estimate of drug-likeness (QED) is 0.0129. The number of methoxy groups -OCH3 is 2. The summed E-state index contributed by atoms with van der Waals surface area (Å²) in [6.45, 7) is 12.6. The summed E-state index contributed by atoms with van der Waals surface area (Å²) >= 11 is 0. The summed E-state index contributed by atoms with van der Waals surface area (Å²) in [4.78, 5) is 130. The number of anilines is 1. The van der Waals surface area contributed by atoms with Gasteiger partial charge in [-0.2, -0.15) is 0 Å². The lowest BCUT2D eigenvalue weighted by atomic mass is 9.71. The first-order valence-electron chi connectivity index (χ1n) is 34.8. The Kier molecular flexibility index (Phi) is 27.3. The van der Waals surface area contributed by atoms with Crippen molar-refractivity contribution in [3.05, 3.63) is 126 Å². The predicted molar refractivity (Wildman–Crippen MR) is 374 cm³/mol. The first-order chi connectivity index (χ1) is 47.3. The Morgan fingerprint density at radius 1 is 0.768 bits per heavy atom. The van der Waals surface area contributed by atoms with Crippen LogP contribution in [0.1, 0.15) is 165 Å². The highest BCUT2D eigenvalue weighted by Gasteiger charge is 2.44. The van der Waals surface area contributed by atoms with Crippen LogP contribution < -0.4 is 41.2 Å². The molecular weight excluding hydrogens is 1260 g/mol. The fraction of sp³-hybridized carbons (Fsp3) is 0.526. The first-order valence-corrected chi connectivity index (χ1v) is 34.8. The van der Waals surface area contributed by atoms with Crippen molar-refractivity contribution in [3.63, 3.8) is 0 Å². The maximum atomic E-state index is 14.4. The summed E-state index contributed by atoms with van der Waals surface area (Å²) in [5.41, 5.74) is 7.18. The predicted octanol–water partition coefficient (Wildman–Crippen LogP) is 9.33. The Morgan fingerprint density at radius 3 is 2.23 bits per heavy atom. The van der Waals surface area contributed by atoms with E-state index in [-0.39, 0.29) is 92.2 Å². The molecule has 8 rings (SSSR count). The molecule has 23 heteroatoms. The zero-order valence-electron chi connectivity index (χ0n) is 58.6. The van der Waals surface area contributed by atoms with Crippen LogP contribution in [0.15, 0.2) is 103 Å². The Morgan fingerprint density at radius 2 is 1.51 bits per heavy atom. The summed E-state index contributed by atoms with van der Waals surface area (Å²) in [7, 11) is 3.10. The normalized spacial score (nSPS) is 18.4. The number of aromatic nitrogens is 1. The number of carbonyl (C=O) groups excluding carboxylic acids is 9. The highest BCUT2D eigenvalue weighted by Crippen LogP contribution is 2.40. The van der Waals surface area contributed by atoms with Gasteiger partial charge in [-0.3, -0.25) is 43.8 Å². The number of fused-ring (bicyclic) bond motifs is 2. The zero-order valence-corrected chi connectivity index (χ0v) is 58.6. The molecule has 1 aromatic heterocycles. The number of primary amides is 1. The van der Waals surface area contributed by atoms with Crippen molar-refractivity contribution >= 4 is 69.8 Å². The molecule has 1 saturated carbocycles. The molecule has 23 nitrogen and oxygen atoms in total. The van der Waals surface area contributed by atoms with E-state index in [1.165, 1.54) is 11.0 Å². The number of aliphatic hydroxyl groups is 1. The number of rotatable bonds is 33. The van der Waals surface area contributed by atoms with E-state index in [1.807, 2.05) is 76.2 Å². The largest absolute Gasteiger partial charge is 0.493 e. The third-order valence-electron chi connectivity index (χ3n) is 19.1. The topological polar surface area (TPSA) is 314 Å². The third kappa shape index (κ3) is 21.8. The van der Waals surface area contributed by atoms with Gasteiger partial charge >= 0.3 is 12.1 Å². The molecule has 7 N–H and O–H groups in total. The Labute approximate surface area is 580 Å². The molecule has 3 heterocycles. The van der Waals surface area contributed by atoms with Gasteiger partial charge in [0.15, 0.2) is 11.5 Å². The lowest BCUT2D eigenvalue weighted by molar-refractivity contribution is -0.164. The number of esters is 1. The zero-order chi connectivity index (χ0) is 71.4. The van der Waals surface area contributed by atoms with Gasteiger partial charge in [0.1, 0.15) is 42.0 Å². The standard InChI is InChI=1S/C76H100N8O15/c1-9-76(5,6)69(89)72(92)84-37-16-15-28-59(84)73(93)99-63(34-30-49-31-35-64(95-7)65(41-49)96-8)52-25-17-26-54(42-52)97-39-36-78-67(88)29-19-38-98-74(94)82-55-27-18-24-50-32-33-56(79-68(50)55)70(90)81-58(44-66(77)87)71(91)80-57(40-48-20-11-10-12-21-48)62(86)47-83-46-53-23-14-13-22-51(53)43-60(83)61(85)45-75(2,3)4/h10-12,17-18,20-21,24-27,31-33,35,41-42,51,53,57-60,62-63,86H,9,13-16,19,22-23,28-30,34,36-40,43-47H2,1-8H3,(H2,77,87)(H,78,88)(H,80,91)(H,81,90)(H,82,94)/t51-,53+,57+,58+,59-,60-,62+,63+/m0/s1. The molecule has 99 heavy (non-hydrogen) atoms. The number of benzene rings is 4. The van der Waals surface area contributed by atoms with Gasteiger partial charge in [0, 0.05) is 43.3 Å². The number of piperidine rings is 2. The number of pyridine rings is 1. The summed E-state index contributed by atoms with van der Waals surface area (Å²) < 4.78 is 28.8. The number of carbonyl (C=O) groups is 9. The number of Topliss-reactive ketones (excluding diaryl/α,β-unsaturated/α-hetero) is 2. The number of aryl methyl sites for hydroxylation is 1. The van der Waals surface area contributed by atoms with Crippen LogP contribution in [0.4, 0.5) is 10.5 Å². The van der Waals surface area contributed by atoms with E-state index in [0.717, 1.165) is 43.2 Å². The molecule has 3 aliphatic rings. The average molecular weight is 1370 g/mol. The Balaban J connectivity index is 0.833. The van der Waals surface area contributed by atoms with Crippen LogP contribution in [0, 0.1) is 22.7 Å². The van der Waals surface area contributed by atoms with Crippen LogP contribution >= 0.6 is 0 Å². The molecule has 0 radical (unpaired) electrons. The smallest absolute Gasteiger partial charge is 0.411 e.